The predicted octanol–water partition coefficient (Wildman–Crippen LogP) is 4.35. The Morgan fingerprint density at radius 3 is 2.45 bits per heavy atom. The van der Waals surface area contributed by atoms with Gasteiger partial charge in [-0.1, -0.05) is 18.2 Å². The molecule has 3 atom stereocenters. The van der Waals surface area contributed by atoms with Gasteiger partial charge in [-0.2, -0.15) is 0 Å². The molecule has 1 N–H and O–H groups in total. The average Bonchev–Trinajstić information content (AvgIpc) is 3.21. The summed E-state index contributed by atoms with van der Waals surface area (Å²) in [4.78, 5) is 21.9. The lowest BCUT2D eigenvalue weighted by Gasteiger charge is -2.38. The first-order valence-corrected chi connectivity index (χ1v) is 9.06. The Hall–Kier alpha value is -3.62. The number of non-ortho nitro benzene ring substituents is 1. The molecule has 29 heavy (non-hydrogen) atoms. The van der Waals surface area contributed by atoms with Crippen LogP contribution in [0.4, 0.5) is 17.1 Å². The lowest BCUT2D eigenvalue weighted by Crippen LogP contribution is -2.29. The van der Waals surface area contributed by atoms with E-state index in [0.717, 1.165) is 17.5 Å². The molecule has 150 valence electrons. The van der Waals surface area contributed by atoms with Crippen LogP contribution < -0.4 is 14.8 Å². The number of ether oxygens (including phenoxy) is 2. The fourth-order valence-electron chi connectivity index (χ4n) is 4.29. The van der Waals surface area contributed by atoms with Gasteiger partial charge in [0.05, 0.1) is 41.9 Å². The van der Waals surface area contributed by atoms with Crippen LogP contribution in [0.3, 0.4) is 0 Å². The number of hydrogen-bond acceptors (Lipinski definition) is 7. The molecule has 0 bridgehead atoms. The molecule has 2 aliphatic rings. The third-order valence-electron chi connectivity index (χ3n) is 5.61. The maximum Gasteiger partial charge on any atom is 0.311 e. The molecule has 0 aromatic heterocycles. The highest BCUT2D eigenvalue weighted by Crippen LogP contribution is 2.53. The number of benzene rings is 2. The first kappa shape index (κ1) is 18.7. The first-order valence-electron chi connectivity index (χ1n) is 9.06. The van der Waals surface area contributed by atoms with Crippen LogP contribution in [0.5, 0.6) is 11.5 Å². The molecule has 1 heterocycles. The van der Waals surface area contributed by atoms with Crippen molar-refractivity contribution in [2.24, 2.45) is 5.92 Å². The molecule has 0 saturated carbocycles. The largest absolute Gasteiger partial charge is 0.494 e. The standard InChI is InChI=1S/C20H19N3O6/c1-28-17-7-6-11(8-16(17)23(26)27)19-14-5-3-4-13(14)15-9-12(22(24)25)10-18(29-2)20(15)21-19/h3-4,6-10,13-14,19,21H,5H2,1-2H3/t13-,14+,19-/m0/s1. The first-order chi connectivity index (χ1) is 13.9. The van der Waals surface area contributed by atoms with Crippen LogP contribution in [-0.4, -0.2) is 24.1 Å². The van der Waals surface area contributed by atoms with Gasteiger partial charge in [-0.3, -0.25) is 20.2 Å². The van der Waals surface area contributed by atoms with Crippen LogP contribution in [0.15, 0.2) is 42.5 Å². The van der Waals surface area contributed by atoms with E-state index in [9.17, 15) is 20.2 Å². The fourth-order valence-corrected chi connectivity index (χ4v) is 4.29. The topological polar surface area (TPSA) is 117 Å². The summed E-state index contributed by atoms with van der Waals surface area (Å²) in [5.41, 5.74) is 2.10. The summed E-state index contributed by atoms with van der Waals surface area (Å²) in [6, 6.07) is 7.66. The third kappa shape index (κ3) is 3.04. The van der Waals surface area contributed by atoms with Crippen molar-refractivity contribution in [3.63, 3.8) is 0 Å². The minimum absolute atomic E-state index is 0.0278. The van der Waals surface area contributed by atoms with Gasteiger partial charge in [0, 0.05) is 18.1 Å². The van der Waals surface area contributed by atoms with Gasteiger partial charge in [-0.05, 0) is 29.5 Å². The fraction of sp³-hybridized carbons (Fsp3) is 0.300. The summed E-state index contributed by atoms with van der Waals surface area (Å²) < 4.78 is 10.5. The molecule has 2 aromatic rings. The Morgan fingerprint density at radius 2 is 1.79 bits per heavy atom. The molecule has 1 aliphatic heterocycles. The molecular formula is C20H19N3O6. The number of allylic oxidation sites excluding steroid dienone is 2. The molecule has 0 amide bonds. The van der Waals surface area contributed by atoms with Crippen LogP contribution in [0.1, 0.15) is 29.5 Å². The number of nitrogens with zero attached hydrogens (tertiary/aromatic N) is 2. The van der Waals surface area contributed by atoms with Crippen molar-refractivity contribution < 1.29 is 19.3 Å². The molecule has 2 aromatic carbocycles. The molecule has 0 saturated heterocycles. The predicted molar refractivity (Wildman–Crippen MR) is 106 cm³/mol. The highest BCUT2D eigenvalue weighted by atomic mass is 16.6. The average molecular weight is 397 g/mol. The van der Waals surface area contributed by atoms with Gasteiger partial charge in [-0.25, -0.2) is 0 Å². The van der Waals surface area contributed by atoms with E-state index < -0.39 is 9.85 Å². The summed E-state index contributed by atoms with van der Waals surface area (Å²) >= 11 is 0. The zero-order chi connectivity index (χ0) is 20.7. The molecule has 0 radical (unpaired) electrons. The SMILES string of the molecule is COc1ccc([C@@H]2Nc3c(OC)cc([N+](=O)[O-])cc3[C@H]3C=CC[C@H]32)cc1[N+](=O)[O-]. The van der Waals surface area contributed by atoms with E-state index in [2.05, 4.69) is 5.32 Å². The van der Waals surface area contributed by atoms with Gasteiger partial charge in [0.2, 0.25) is 0 Å². The van der Waals surface area contributed by atoms with E-state index in [1.54, 1.807) is 12.1 Å². The quantitative estimate of drug-likeness (QED) is 0.453. The summed E-state index contributed by atoms with van der Waals surface area (Å²) in [5.74, 6) is 0.596. The Morgan fingerprint density at radius 1 is 1.03 bits per heavy atom. The Kier molecular flexibility index (Phi) is 4.57. The van der Waals surface area contributed by atoms with Crippen LogP contribution in [-0.2, 0) is 0 Å². The van der Waals surface area contributed by atoms with Crippen molar-refractivity contribution in [1.82, 2.24) is 0 Å². The molecule has 0 fully saturated rings. The van der Waals surface area contributed by atoms with Crippen LogP contribution in [0.25, 0.3) is 0 Å². The monoisotopic (exact) mass is 397 g/mol. The van der Waals surface area contributed by atoms with Gasteiger partial charge in [0.15, 0.2) is 5.75 Å². The molecule has 0 spiro atoms. The Balaban J connectivity index is 1.83. The molecule has 9 nitrogen and oxygen atoms in total. The van der Waals surface area contributed by atoms with Crippen molar-refractivity contribution in [1.29, 1.82) is 0 Å². The minimum atomic E-state index is -0.465. The van der Waals surface area contributed by atoms with E-state index in [4.69, 9.17) is 9.47 Å². The van der Waals surface area contributed by atoms with Crippen LogP contribution >= 0.6 is 0 Å². The number of nitro benzene ring substituents is 2. The zero-order valence-electron chi connectivity index (χ0n) is 15.8. The number of fused-ring (bicyclic) bond motifs is 3. The zero-order valence-corrected chi connectivity index (χ0v) is 15.8. The van der Waals surface area contributed by atoms with E-state index in [0.29, 0.717) is 11.4 Å². The van der Waals surface area contributed by atoms with Crippen LogP contribution in [0, 0.1) is 26.1 Å². The highest BCUT2D eigenvalue weighted by Gasteiger charge is 2.40. The van der Waals surface area contributed by atoms with E-state index >= 15 is 0 Å². The molecular weight excluding hydrogens is 378 g/mol. The Bertz CT molecular complexity index is 1040. The molecule has 1 aliphatic carbocycles. The number of hydrogen-bond donors (Lipinski definition) is 1. The van der Waals surface area contributed by atoms with Crippen LogP contribution in [0.2, 0.25) is 0 Å². The molecule has 0 unspecified atom stereocenters. The summed E-state index contributed by atoms with van der Waals surface area (Å²) in [5, 5.41) is 26.2. The summed E-state index contributed by atoms with van der Waals surface area (Å²) in [6.07, 6.45) is 4.84. The smallest absolute Gasteiger partial charge is 0.311 e. The second-order valence-electron chi connectivity index (χ2n) is 7.03. The normalized spacial score (nSPS) is 21.7. The number of rotatable bonds is 5. The number of methoxy groups -OCH3 is 2. The van der Waals surface area contributed by atoms with Gasteiger partial charge in [0.1, 0.15) is 5.75 Å². The summed E-state index contributed by atoms with van der Waals surface area (Å²) in [7, 11) is 2.86. The van der Waals surface area contributed by atoms with Crippen molar-refractivity contribution in [3.05, 3.63) is 73.8 Å². The van der Waals surface area contributed by atoms with E-state index in [1.165, 1.54) is 26.4 Å². The summed E-state index contributed by atoms with van der Waals surface area (Å²) in [6.45, 7) is 0. The molecule has 9 heteroatoms. The van der Waals surface area contributed by atoms with Crippen molar-refractivity contribution in [2.75, 3.05) is 19.5 Å². The van der Waals surface area contributed by atoms with Gasteiger partial charge in [0.25, 0.3) is 5.69 Å². The minimum Gasteiger partial charge on any atom is -0.494 e. The number of anilines is 1. The van der Waals surface area contributed by atoms with Crippen molar-refractivity contribution in [2.45, 2.75) is 18.4 Å². The van der Waals surface area contributed by atoms with Gasteiger partial charge >= 0.3 is 5.69 Å². The van der Waals surface area contributed by atoms with Crippen molar-refractivity contribution >= 4 is 17.1 Å². The maximum atomic E-state index is 11.5. The maximum absolute atomic E-state index is 11.5. The highest BCUT2D eigenvalue weighted by molar-refractivity contribution is 5.71. The molecule has 4 rings (SSSR count). The third-order valence-corrected chi connectivity index (χ3v) is 5.61. The number of nitrogens with one attached hydrogen (secondary N) is 1. The van der Waals surface area contributed by atoms with E-state index in [-0.39, 0.29) is 35.0 Å². The van der Waals surface area contributed by atoms with E-state index in [1.807, 2.05) is 18.2 Å². The Labute approximate surface area is 166 Å². The lowest BCUT2D eigenvalue weighted by molar-refractivity contribution is -0.385. The second-order valence-corrected chi connectivity index (χ2v) is 7.03. The van der Waals surface area contributed by atoms with Gasteiger partial charge in [-0.15, -0.1) is 0 Å². The second kappa shape index (κ2) is 7.08. The lowest BCUT2D eigenvalue weighted by atomic mass is 9.76. The number of nitro groups is 2. The van der Waals surface area contributed by atoms with Crippen molar-refractivity contribution in [3.8, 4) is 11.5 Å². The van der Waals surface area contributed by atoms with Gasteiger partial charge < -0.3 is 14.8 Å².